The summed E-state index contributed by atoms with van der Waals surface area (Å²) in [7, 11) is 0. The van der Waals surface area contributed by atoms with E-state index in [0.717, 1.165) is 11.1 Å². The zero-order valence-corrected chi connectivity index (χ0v) is 16.6. The van der Waals surface area contributed by atoms with E-state index in [1.165, 1.54) is 4.68 Å². The van der Waals surface area contributed by atoms with Crippen LogP contribution in [0, 0.1) is 6.92 Å². The predicted octanol–water partition coefficient (Wildman–Crippen LogP) is -0.111. The van der Waals surface area contributed by atoms with Gasteiger partial charge in [0.2, 0.25) is 5.91 Å². The van der Waals surface area contributed by atoms with Gasteiger partial charge >= 0.3 is 5.97 Å². The number of aliphatic carboxylic acids is 1. The fraction of sp³-hybridized carbons (Fsp3) is 0.450. The second kappa shape index (κ2) is 7.86. The Kier molecular flexibility index (Phi) is 5.25. The van der Waals surface area contributed by atoms with E-state index in [0.29, 0.717) is 37.3 Å². The normalized spacial score (nSPS) is 20.4. The molecule has 10 nitrogen and oxygen atoms in total. The van der Waals surface area contributed by atoms with Crippen molar-refractivity contribution in [1.29, 1.82) is 0 Å². The average Bonchev–Trinajstić information content (AvgIpc) is 2.71. The van der Waals surface area contributed by atoms with Gasteiger partial charge in [-0.05, 0) is 25.5 Å². The molecular formula is C20H23N5O5. The molecule has 2 N–H and O–H groups in total. The third-order valence-electron chi connectivity index (χ3n) is 5.69. The maximum absolute atomic E-state index is 13.2. The van der Waals surface area contributed by atoms with Crippen LogP contribution in [0.25, 0.3) is 10.8 Å². The first-order valence-electron chi connectivity index (χ1n) is 9.89. The fourth-order valence-corrected chi connectivity index (χ4v) is 4.09. The first kappa shape index (κ1) is 20.0. The van der Waals surface area contributed by atoms with Gasteiger partial charge in [0.05, 0.1) is 17.6 Å². The maximum Gasteiger partial charge on any atom is 0.317 e. The maximum atomic E-state index is 13.2. The molecular weight excluding hydrogens is 390 g/mol. The van der Waals surface area contributed by atoms with E-state index < -0.39 is 17.9 Å². The topological polar surface area (TPSA) is 125 Å². The quantitative estimate of drug-likeness (QED) is 0.665. The Labute approximate surface area is 172 Å². The van der Waals surface area contributed by atoms with E-state index >= 15 is 0 Å². The molecule has 1 aromatic carbocycles. The van der Waals surface area contributed by atoms with Gasteiger partial charge in [0.25, 0.3) is 11.5 Å². The van der Waals surface area contributed by atoms with Crippen LogP contribution >= 0.6 is 0 Å². The van der Waals surface area contributed by atoms with Crippen molar-refractivity contribution < 1.29 is 19.5 Å². The number of nitrogens with zero attached hydrogens (tertiary/aromatic N) is 4. The molecule has 3 heterocycles. The van der Waals surface area contributed by atoms with E-state index in [-0.39, 0.29) is 30.9 Å². The Morgan fingerprint density at radius 1 is 1.17 bits per heavy atom. The molecule has 1 aromatic heterocycles. The zero-order chi connectivity index (χ0) is 21.4. The van der Waals surface area contributed by atoms with Gasteiger partial charge in [-0.3, -0.25) is 29.4 Å². The van der Waals surface area contributed by atoms with Gasteiger partial charge < -0.3 is 10.0 Å². The number of nitrogens with one attached hydrogen (secondary N) is 1. The summed E-state index contributed by atoms with van der Waals surface area (Å²) in [6, 6.07) is 4.79. The number of piperazine rings is 1. The minimum Gasteiger partial charge on any atom is -0.480 e. The second-order valence-electron chi connectivity index (χ2n) is 7.69. The van der Waals surface area contributed by atoms with E-state index in [9.17, 15) is 19.2 Å². The predicted molar refractivity (Wildman–Crippen MR) is 108 cm³/mol. The van der Waals surface area contributed by atoms with Crippen LogP contribution in [0.5, 0.6) is 0 Å². The molecule has 10 heteroatoms. The monoisotopic (exact) mass is 413 g/mol. The van der Waals surface area contributed by atoms with Crippen LogP contribution in [0.1, 0.15) is 24.6 Å². The van der Waals surface area contributed by atoms with Gasteiger partial charge in [0.1, 0.15) is 6.04 Å². The fourth-order valence-electron chi connectivity index (χ4n) is 4.09. The number of fused-ring (bicyclic) bond motifs is 1. The van der Waals surface area contributed by atoms with Gasteiger partial charge in [-0.15, -0.1) is 0 Å². The van der Waals surface area contributed by atoms with Gasteiger partial charge in [0.15, 0.2) is 0 Å². The van der Waals surface area contributed by atoms with Crippen molar-refractivity contribution in [2.24, 2.45) is 0 Å². The summed E-state index contributed by atoms with van der Waals surface area (Å²) in [6.07, 6.45) is 0.413. The molecule has 158 valence electrons. The van der Waals surface area contributed by atoms with Crippen molar-refractivity contribution in [3.63, 3.8) is 0 Å². The Balaban J connectivity index is 1.65. The Bertz CT molecular complexity index is 1090. The summed E-state index contributed by atoms with van der Waals surface area (Å²) in [5.74, 6) is -1.69. The summed E-state index contributed by atoms with van der Waals surface area (Å²) in [6.45, 7) is 4.37. The number of imide groups is 1. The molecule has 0 saturated carbocycles. The van der Waals surface area contributed by atoms with Crippen LogP contribution < -0.4 is 15.8 Å². The Hall–Kier alpha value is -3.27. The third-order valence-corrected chi connectivity index (χ3v) is 5.69. The molecule has 4 rings (SSSR count). The highest BCUT2D eigenvalue weighted by Crippen LogP contribution is 2.24. The third kappa shape index (κ3) is 3.78. The Morgan fingerprint density at radius 2 is 1.90 bits per heavy atom. The molecule has 2 amide bonds. The van der Waals surface area contributed by atoms with E-state index in [1.807, 2.05) is 23.1 Å². The molecule has 0 spiro atoms. The largest absolute Gasteiger partial charge is 0.480 e. The highest BCUT2D eigenvalue weighted by atomic mass is 16.4. The van der Waals surface area contributed by atoms with Gasteiger partial charge in [-0.25, -0.2) is 4.68 Å². The van der Waals surface area contributed by atoms with Crippen LogP contribution in [0.2, 0.25) is 0 Å². The lowest BCUT2D eigenvalue weighted by Crippen LogP contribution is -2.48. The number of carbonyl (C=O) groups excluding carboxylic acids is 2. The Morgan fingerprint density at radius 3 is 2.57 bits per heavy atom. The lowest BCUT2D eigenvalue weighted by molar-refractivity contribution is -0.138. The average molecular weight is 413 g/mol. The van der Waals surface area contributed by atoms with Crippen molar-refractivity contribution in [3.8, 4) is 0 Å². The van der Waals surface area contributed by atoms with Crippen LogP contribution in [0.3, 0.4) is 0 Å². The van der Waals surface area contributed by atoms with Crippen molar-refractivity contribution in [2.45, 2.75) is 25.8 Å². The second-order valence-corrected chi connectivity index (χ2v) is 7.69. The molecule has 0 aliphatic carbocycles. The number of amides is 2. The summed E-state index contributed by atoms with van der Waals surface area (Å²) in [4.78, 5) is 51.7. The molecule has 2 aliphatic rings. The van der Waals surface area contributed by atoms with Crippen molar-refractivity contribution in [3.05, 3.63) is 34.2 Å². The van der Waals surface area contributed by atoms with Crippen LogP contribution in [0.15, 0.2) is 23.0 Å². The molecule has 1 atom stereocenters. The summed E-state index contributed by atoms with van der Waals surface area (Å²) < 4.78 is 1.19. The van der Waals surface area contributed by atoms with E-state index in [2.05, 4.69) is 15.3 Å². The number of benzene rings is 1. The number of hydrogen-bond donors (Lipinski definition) is 2. The number of carbonyl (C=O) groups is 3. The molecule has 2 aliphatic heterocycles. The highest BCUT2D eigenvalue weighted by molar-refractivity contribution is 5.99. The zero-order valence-electron chi connectivity index (χ0n) is 16.6. The van der Waals surface area contributed by atoms with Crippen molar-refractivity contribution in [2.75, 3.05) is 37.6 Å². The van der Waals surface area contributed by atoms with Crippen LogP contribution in [-0.2, 0) is 14.4 Å². The first-order chi connectivity index (χ1) is 14.3. The molecule has 1 unspecified atom stereocenters. The lowest BCUT2D eigenvalue weighted by Gasteiger charge is -2.35. The molecule has 2 fully saturated rings. The number of aromatic nitrogens is 2. The SMILES string of the molecule is Cc1nn(C2CCC(=O)NC2=O)c(=O)c2cc(N3CCN(CC(=O)O)CC3)ccc12. The van der Waals surface area contributed by atoms with Gasteiger partial charge in [0, 0.05) is 43.7 Å². The lowest BCUT2D eigenvalue weighted by atomic mass is 10.1. The number of carboxylic acids is 1. The minimum atomic E-state index is -0.842. The van der Waals surface area contributed by atoms with Gasteiger partial charge in [-0.1, -0.05) is 6.07 Å². The van der Waals surface area contributed by atoms with Crippen molar-refractivity contribution >= 4 is 34.2 Å². The molecule has 0 bridgehead atoms. The van der Waals surface area contributed by atoms with Crippen LogP contribution in [-0.4, -0.2) is 70.3 Å². The highest BCUT2D eigenvalue weighted by Gasteiger charge is 2.30. The molecule has 2 aromatic rings. The summed E-state index contributed by atoms with van der Waals surface area (Å²) in [5.41, 5.74) is 1.14. The first-order valence-corrected chi connectivity index (χ1v) is 9.89. The smallest absolute Gasteiger partial charge is 0.317 e. The summed E-state index contributed by atoms with van der Waals surface area (Å²) in [5, 5.41) is 16.7. The number of piperidine rings is 1. The van der Waals surface area contributed by atoms with Gasteiger partial charge in [-0.2, -0.15) is 5.10 Å². The molecule has 30 heavy (non-hydrogen) atoms. The number of carboxylic acid groups (broad SMARTS) is 1. The van der Waals surface area contributed by atoms with Crippen molar-refractivity contribution in [1.82, 2.24) is 20.0 Å². The van der Waals surface area contributed by atoms with E-state index in [4.69, 9.17) is 5.11 Å². The number of rotatable bonds is 4. The number of hydrogen-bond acceptors (Lipinski definition) is 7. The minimum absolute atomic E-state index is 0.0209. The van der Waals surface area contributed by atoms with Crippen LogP contribution in [0.4, 0.5) is 5.69 Å². The summed E-state index contributed by atoms with van der Waals surface area (Å²) >= 11 is 0. The number of aryl methyl sites for hydroxylation is 1. The van der Waals surface area contributed by atoms with E-state index in [1.54, 1.807) is 6.92 Å². The molecule has 0 radical (unpaired) electrons. The standard InChI is InChI=1S/C20H23N5O5/c1-12-14-3-2-13(24-8-6-23(7-9-24)11-18(27)28)10-15(14)20(30)25(22-12)16-4-5-17(26)21-19(16)29/h2-3,10,16H,4-9,11H2,1H3,(H,27,28)(H,21,26,29). The molecule has 2 saturated heterocycles. The number of anilines is 1.